The molecule has 0 amide bonds. The Morgan fingerprint density at radius 3 is 2.30 bits per heavy atom. The third-order valence-electron chi connectivity index (χ3n) is 12.6. The van der Waals surface area contributed by atoms with E-state index in [1.54, 1.807) is 0 Å². The summed E-state index contributed by atoms with van der Waals surface area (Å²) in [6, 6.07) is 54.3. The molecule has 3 aliphatic rings. The monoisotopic (exact) mass is 708 g/mol. The van der Waals surface area contributed by atoms with Crippen molar-refractivity contribution in [2.75, 3.05) is 0 Å². The summed E-state index contributed by atoms with van der Waals surface area (Å²) < 4.78 is 3.82. The van der Waals surface area contributed by atoms with Crippen molar-refractivity contribution in [2.24, 2.45) is 4.99 Å². The molecule has 0 fully saturated rings. The molecule has 0 saturated heterocycles. The van der Waals surface area contributed by atoms with Gasteiger partial charge in [-0.3, -0.25) is 4.57 Å². The first-order valence-corrected chi connectivity index (χ1v) is 20.1. The molecule has 0 saturated carbocycles. The van der Waals surface area contributed by atoms with E-state index < -0.39 is 0 Å². The van der Waals surface area contributed by atoms with Crippen LogP contribution in [0.25, 0.3) is 70.7 Å². The van der Waals surface area contributed by atoms with Crippen LogP contribution in [0.3, 0.4) is 0 Å². The summed E-state index contributed by atoms with van der Waals surface area (Å²) in [6.07, 6.45) is 5.32. The maximum Gasteiger partial charge on any atom is 0.134 e. The lowest BCUT2D eigenvalue weighted by Gasteiger charge is -2.31. The number of hydrogen-bond donors (Lipinski definition) is 0. The Labute approximate surface area is 318 Å². The van der Waals surface area contributed by atoms with Crippen LogP contribution in [0, 0.1) is 0 Å². The van der Waals surface area contributed by atoms with Crippen LogP contribution in [0.1, 0.15) is 57.9 Å². The highest BCUT2D eigenvalue weighted by Gasteiger charge is 2.38. The van der Waals surface area contributed by atoms with Crippen molar-refractivity contribution < 1.29 is 0 Å². The highest BCUT2D eigenvalue weighted by Crippen LogP contribution is 2.57. The molecule has 3 heteroatoms. The highest BCUT2D eigenvalue weighted by atomic mass is 32.1. The van der Waals surface area contributed by atoms with Gasteiger partial charge >= 0.3 is 0 Å². The Balaban J connectivity index is 1.23. The molecule has 1 aliphatic heterocycles. The number of thiophene rings is 1. The van der Waals surface area contributed by atoms with Crippen molar-refractivity contribution in [3.8, 4) is 22.3 Å². The predicted octanol–water partition coefficient (Wildman–Crippen LogP) is 13.5. The zero-order valence-corrected chi connectivity index (χ0v) is 30.8. The van der Waals surface area contributed by atoms with Crippen molar-refractivity contribution in [3.63, 3.8) is 0 Å². The minimum absolute atomic E-state index is 0.381. The molecule has 54 heavy (non-hydrogen) atoms. The number of nitrogens with zero attached hydrogens (tertiary/aromatic N) is 2. The third-order valence-corrected chi connectivity index (χ3v) is 13.8. The average molecular weight is 709 g/mol. The number of aryl methyl sites for hydroxylation is 1. The maximum atomic E-state index is 5.78. The highest BCUT2D eigenvalue weighted by molar-refractivity contribution is 7.21. The largest absolute Gasteiger partial charge is 0.294 e. The van der Waals surface area contributed by atoms with E-state index in [9.17, 15) is 0 Å². The summed E-state index contributed by atoms with van der Waals surface area (Å²) in [5.74, 6) is 1.80. The summed E-state index contributed by atoms with van der Waals surface area (Å²) in [5.41, 5.74) is 16.0. The van der Waals surface area contributed by atoms with Gasteiger partial charge in [0.25, 0.3) is 0 Å². The lowest BCUT2D eigenvalue weighted by molar-refractivity contribution is 0.576. The molecule has 9 aromatic rings. The van der Waals surface area contributed by atoms with Gasteiger partial charge in [0.1, 0.15) is 5.82 Å². The summed E-state index contributed by atoms with van der Waals surface area (Å²) in [6.45, 7) is 2.46. The van der Waals surface area contributed by atoms with Gasteiger partial charge in [0.15, 0.2) is 0 Å². The van der Waals surface area contributed by atoms with Crippen LogP contribution >= 0.6 is 11.3 Å². The van der Waals surface area contributed by atoms with E-state index in [1.807, 2.05) is 11.3 Å². The molecule has 12 rings (SSSR count). The van der Waals surface area contributed by atoms with Gasteiger partial charge in [-0.1, -0.05) is 134 Å². The van der Waals surface area contributed by atoms with Crippen molar-refractivity contribution in [3.05, 3.63) is 184 Å². The fraction of sp³-hybridized carbons (Fsp3) is 0.118. The minimum Gasteiger partial charge on any atom is -0.294 e. The second-order valence-electron chi connectivity index (χ2n) is 15.3. The molecule has 2 aromatic heterocycles. The molecule has 256 valence electrons. The molecule has 0 radical (unpaired) electrons. The van der Waals surface area contributed by atoms with Crippen molar-refractivity contribution in [1.29, 1.82) is 0 Å². The van der Waals surface area contributed by atoms with E-state index in [1.165, 1.54) is 92.0 Å². The second-order valence-corrected chi connectivity index (χ2v) is 16.3. The van der Waals surface area contributed by atoms with Gasteiger partial charge in [0.2, 0.25) is 0 Å². The fourth-order valence-electron chi connectivity index (χ4n) is 10.2. The summed E-state index contributed by atoms with van der Waals surface area (Å²) in [7, 11) is 0. The fourth-order valence-corrected chi connectivity index (χ4v) is 11.4. The van der Waals surface area contributed by atoms with Crippen molar-refractivity contribution >= 4 is 65.5 Å². The quantitative estimate of drug-likeness (QED) is 0.170. The molecule has 2 bridgehead atoms. The standard InChI is InChI=1S/C51H36N2S/c1-30-33-27-26-31-14-5-6-17-34(31)47(33)42-29-44-49(48-37-20-8-7-18-35(37)40(30)28-41(42)48)39-21-9-11-23-43(39)53(44)46-25-13-22-38-36-19-10-12-24-45(36)54-51(38)50(52-46)32-15-3-2-4-16-32/h2-12,14-21,23-27,29-30,40H,13,22,28H2,1H3/b46-25+,52-50-. The average Bonchev–Trinajstić information content (AvgIpc) is 3.71. The smallest absolute Gasteiger partial charge is 0.134 e. The van der Waals surface area contributed by atoms with Gasteiger partial charge in [-0.2, -0.15) is 0 Å². The molecular formula is C51H36N2S. The van der Waals surface area contributed by atoms with E-state index in [4.69, 9.17) is 4.99 Å². The molecule has 2 atom stereocenters. The summed E-state index contributed by atoms with van der Waals surface area (Å²) in [4.78, 5) is 7.07. The van der Waals surface area contributed by atoms with Crippen LogP contribution in [-0.4, -0.2) is 10.3 Å². The lowest BCUT2D eigenvalue weighted by Crippen LogP contribution is -2.15. The van der Waals surface area contributed by atoms with Crippen LogP contribution in [0.4, 0.5) is 0 Å². The Morgan fingerprint density at radius 1 is 0.630 bits per heavy atom. The third kappa shape index (κ3) is 4.19. The first-order valence-electron chi connectivity index (χ1n) is 19.3. The Hall–Kier alpha value is -6.03. The number of para-hydroxylation sites is 1. The number of benzene rings is 7. The van der Waals surface area contributed by atoms with Crippen LogP contribution in [0.5, 0.6) is 0 Å². The van der Waals surface area contributed by atoms with E-state index >= 15 is 0 Å². The molecule has 3 heterocycles. The number of aliphatic imine (C=N–C) groups is 1. The molecule has 2 aliphatic carbocycles. The van der Waals surface area contributed by atoms with Gasteiger partial charge in [-0.05, 0) is 116 Å². The molecular weight excluding hydrogens is 673 g/mol. The maximum absolute atomic E-state index is 5.78. The number of aromatic nitrogens is 1. The Bertz CT molecular complexity index is 3100. The van der Waals surface area contributed by atoms with E-state index in [0.29, 0.717) is 11.8 Å². The zero-order valence-electron chi connectivity index (χ0n) is 30.0. The lowest BCUT2D eigenvalue weighted by atomic mass is 9.72. The predicted molar refractivity (Wildman–Crippen MR) is 229 cm³/mol. The normalized spacial score (nSPS) is 19.3. The van der Waals surface area contributed by atoms with Crippen LogP contribution in [-0.2, 0) is 12.8 Å². The van der Waals surface area contributed by atoms with Crippen molar-refractivity contribution in [1.82, 2.24) is 4.57 Å². The van der Waals surface area contributed by atoms with Gasteiger partial charge in [-0.15, -0.1) is 11.3 Å². The number of hydrogen-bond acceptors (Lipinski definition) is 2. The number of rotatable bonds is 2. The van der Waals surface area contributed by atoms with Gasteiger partial charge in [0.05, 0.1) is 21.6 Å². The van der Waals surface area contributed by atoms with Crippen molar-refractivity contribution in [2.45, 2.75) is 38.0 Å². The second kappa shape index (κ2) is 11.5. The SMILES string of the molecule is CC1c2ccc3ccccc3c2-c2cc3c(c4c2CC1c1ccccc1-4)c1ccccc1n3C1=C/CCc2c(sc3ccccc23)/C(c2ccccc2)=N\1. The Morgan fingerprint density at radius 2 is 1.39 bits per heavy atom. The molecule has 0 N–H and O–H groups in total. The first-order chi connectivity index (χ1) is 26.7. The molecule has 0 spiro atoms. The zero-order chi connectivity index (χ0) is 35.5. The topological polar surface area (TPSA) is 17.3 Å². The number of allylic oxidation sites excluding steroid dienone is 1. The van der Waals surface area contributed by atoms with E-state index in [0.717, 1.165) is 36.4 Å². The van der Waals surface area contributed by atoms with Gasteiger partial charge in [-0.25, -0.2) is 4.99 Å². The summed E-state index contributed by atoms with van der Waals surface area (Å²) >= 11 is 1.88. The van der Waals surface area contributed by atoms with Crippen LogP contribution < -0.4 is 0 Å². The first kappa shape index (κ1) is 30.4. The Kier molecular flexibility index (Phi) is 6.47. The summed E-state index contributed by atoms with van der Waals surface area (Å²) in [5, 5.41) is 6.62. The van der Waals surface area contributed by atoms with E-state index in [-0.39, 0.29) is 0 Å². The van der Waals surface area contributed by atoms with Crippen LogP contribution in [0.2, 0.25) is 0 Å². The van der Waals surface area contributed by atoms with Gasteiger partial charge in [0, 0.05) is 21.0 Å². The van der Waals surface area contributed by atoms with Gasteiger partial charge < -0.3 is 0 Å². The molecule has 7 aromatic carbocycles. The molecule has 2 unspecified atom stereocenters. The van der Waals surface area contributed by atoms with E-state index in [2.05, 4.69) is 163 Å². The number of fused-ring (bicyclic) bond motifs is 15. The molecule has 2 nitrogen and oxygen atoms in total. The van der Waals surface area contributed by atoms with Crippen LogP contribution in [0.15, 0.2) is 157 Å². The minimum atomic E-state index is 0.381.